The van der Waals surface area contributed by atoms with Gasteiger partial charge in [0.15, 0.2) is 0 Å². The third-order valence-corrected chi connectivity index (χ3v) is 8.52. The van der Waals surface area contributed by atoms with Gasteiger partial charge in [-0.1, -0.05) is 66.7 Å². The largest absolute Gasteiger partial charge is 0.497 e. The van der Waals surface area contributed by atoms with Crippen molar-refractivity contribution in [3.05, 3.63) is 109 Å². The topological polar surface area (TPSA) is 62.1 Å². The van der Waals surface area contributed by atoms with Crippen molar-refractivity contribution in [1.82, 2.24) is 18.3 Å². The summed E-state index contributed by atoms with van der Waals surface area (Å²) in [6.07, 6.45) is 0. The van der Waals surface area contributed by atoms with Crippen LogP contribution in [0.5, 0.6) is 11.5 Å². The van der Waals surface area contributed by atoms with Crippen molar-refractivity contribution in [2.75, 3.05) is 13.7 Å². The molecular weight excluding hydrogens is 552 g/mol. The second kappa shape index (κ2) is 10.2. The molecule has 2 heterocycles. The van der Waals surface area contributed by atoms with Gasteiger partial charge in [-0.25, -0.2) is 4.98 Å². The number of imidazole rings is 1. The zero-order chi connectivity index (χ0) is 28.9. The van der Waals surface area contributed by atoms with E-state index in [4.69, 9.17) is 23.2 Å². The summed E-state index contributed by atoms with van der Waals surface area (Å²) in [6.45, 7) is 2.62. The molecule has 0 atom stereocenters. The van der Waals surface area contributed by atoms with Gasteiger partial charge in [0.05, 0.1) is 36.5 Å². The Balaban J connectivity index is 1.44. The van der Waals surface area contributed by atoms with Crippen LogP contribution >= 0.6 is 11.7 Å². The summed E-state index contributed by atoms with van der Waals surface area (Å²) >= 11 is 1.22. The Kier molecular flexibility index (Phi) is 6.05. The highest BCUT2D eigenvalue weighted by molar-refractivity contribution is 7.00. The lowest BCUT2D eigenvalue weighted by molar-refractivity contribution is 0.340. The maximum atomic E-state index is 5.66. The van der Waals surface area contributed by atoms with Crippen LogP contribution in [0.4, 0.5) is 0 Å². The summed E-state index contributed by atoms with van der Waals surface area (Å²) in [6, 6.07) is 37.6. The zero-order valence-corrected chi connectivity index (χ0v) is 24.4. The molecule has 0 fully saturated rings. The van der Waals surface area contributed by atoms with Crippen LogP contribution in [0.15, 0.2) is 109 Å². The molecule has 43 heavy (non-hydrogen) atoms. The van der Waals surface area contributed by atoms with E-state index in [2.05, 4.69) is 89.5 Å². The lowest BCUT2D eigenvalue weighted by Gasteiger charge is -2.13. The summed E-state index contributed by atoms with van der Waals surface area (Å²) in [7, 11) is 1.69. The molecule has 0 saturated carbocycles. The Bertz CT molecular complexity index is 2290. The fourth-order valence-electron chi connectivity index (χ4n) is 6.05. The van der Waals surface area contributed by atoms with Gasteiger partial charge in [-0.15, -0.1) is 0 Å². The van der Waals surface area contributed by atoms with Crippen LogP contribution in [0.2, 0.25) is 0 Å². The van der Waals surface area contributed by atoms with E-state index >= 15 is 0 Å². The number of aromatic nitrogens is 4. The van der Waals surface area contributed by atoms with E-state index < -0.39 is 0 Å². The maximum Gasteiger partial charge on any atom is 0.148 e. The number of ether oxygens (including phenoxy) is 2. The smallest absolute Gasteiger partial charge is 0.148 e. The van der Waals surface area contributed by atoms with E-state index in [-0.39, 0.29) is 0 Å². The molecule has 0 radical (unpaired) electrons. The summed E-state index contributed by atoms with van der Waals surface area (Å²) in [5.74, 6) is 2.47. The quantitative estimate of drug-likeness (QED) is 0.184. The molecule has 0 aliphatic carbocycles. The maximum absolute atomic E-state index is 5.66. The lowest BCUT2D eigenvalue weighted by atomic mass is 10.00. The van der Waals surface area contributed by atoms with Crippen molar-refractivity contribution in [2.24, 2.45) is 0 Å². The molecule has 0 spiro atoms. The van der Waals surface area contributed by atoms with Gasteiger partial charge in [0.1, 0.15) is 28.4 Å². The Hall–Kier alpha value is -5.27. The molecule has 208 valence electrons. The van der Waals surface area contributed by atoms with Gasteiger partial charge in [-0.05, 0) is 65.7 Å². The molecule has 6 aromatic carbocycles. The van der Waals surface area contributed by atoms with Crippen LogP contribution in [0.1, 0.15) is 6.92 Å². The second-order valence-corrected chi connectivity index (χ2v) is 10.9. The van der Waals surface area contributed by atoms with Crippen LogP contribution in [0.3, 0.4) is 0 Å². The van der Waals surface area contributed by atoms with Gasteiger partial charge in [-0.3, -0.25) is 4.57 Å². The van der Waals surface area contributed by atoms with E-state index in [1.54, 1.807) is 7.11 Å². The summed E-state index contributed by atoms with van der Waals surface area (Å²) < 4.78 is 23.0. The molecule has 7 heteroatoms. The van der Waals surface area contributed by atoms with Gasteiger partial charge in [0, 0.05) is 27.6 Å². The van der Waals surface area contributed by atoms with E-state index in [9.17, 15) is 0 Å². The van der Waals surface area contributed by atoms with Crippen LogP contribution in [0, 0.1) is 0 Å². The number of nitrogens with zero attached hydrogens (tertiary/aromatic N) is 4. The third-order valence-electron chi connectivity index (χ3n) is 8.00. The molecule has 0 amide bonds. The molecule has 8 aromatic rings. The van der Waals surface area contributed by atoms with Gasteiger partial charge in [0.2, 0.25) is 0 Å². The van der Waals surface area contributed by atoms with Crippen molar-refractivity contribution < 1.29 is 9.47 Å². The molecule has 0 N–H and O–H groups in total. The first-order valence-corrected chi connectivity index (χ1v) is 14.9. The molecular formula is C36H26N4O2S. The van der Waals surface area contributed by atoms with Crippen molar-refractivity contribution in [2.45, 2.75) is 6.92 Å². The first-order chi connectivity index (χ1) is 21.2. The second-order valence-electron chi connectivity index (χ2n) is 10.3. The number of fused-ring (bicyclic) bond motifs is 7. The van der Waals surface area contributed by atoms with E-state index in [1.165, 1.54) is 22.5 Å². The van der Waals surface area contributed by atoms with Gasteiger partial charge in [0.25, 0.3) is 0 Å². The van der Waals surface area contributed by atoms with Gasteiger partial charge < -0.3 is 9.47 Å². The zero-order valence-electron chi connectivity index (χ0n) is 23.6. The van der Waals surface area contributed by atoms with Crippen molar-refractivity contribution in [1.29, 1.82) is 0 Å². The van der Waals surface area contributed by atoms with Crippen molar-refractivity contribution >= 4 is 55.3 Å². The minimum absolute atomic E-state index is 0.633. The average molecular weight is 579 g/mol. The van der Waals surface area contributed by atoms with Crippen LogP contribution in [-0.4, -0.2) is 32.0 Å². The number of benzene rings is 6. The van der Waals surface area contributed by atoms with Crippen molar-refractivity contribution in [3.63, 3.8) is 0 Å². The average Bonchev–Trinajstić information content (AvgIpc) is 3.72. The minimum Gasteiger partial charge on any atom is -0.497 e. The highest BCUT2D eigenvalue weighted by atomic mass is 32.1. The molecule has 0 bridgehead atoms. The number of methoxy groups -OCH3 is 1. The first-order valence-electron chi connectivity index (χ1n) is 14.2. The Morgan fingerprint density at radius 1 is 0.628 bits per heavy atom. The highest BCUT2D eigenvalue weighted by Gasteiger charge is 2.23. The number of hydrogen-bond donors (Lipinski definition) is 0. The van der Waals surface area contributed by atoms with E-state index in [0.29, 0.717) is 6.61 Å². The fourth-order valence-corrected chi connectivity index (χ4v) is 6.62. The van der Waals surface area contributed by atoms with Crippen LogP contribution in [-0.2, 0) is 0 Å². The van der Waals surface area contributed by atoms with Crippen molar-refractivity contribution in [3.8, 4) is 39.7 Å². The Morgan fingerprint density at radius 3 is 1.93 bits per heavy atom. The third kappa shape index (κ3) is 4.04. The molecule has 0 unspecified atom stereocenters. The highest BCUT2D eigenvalue weighted by Crippen LogP contribution is 2.41. The molecule has 8 rings (SSSR count). The Morgan fingerprint density at radius 2 is 1.23 bits per heavy atom. The molecule has 2 aromatic heterocycles. The van der Waals surface area contributed by atoms with E-state index in [1.807, 2.05) is 31.2 Å². The SMILES string of the molecule is CCOc1ccc(-c2ccc(-c3nc4c5ccccc5c5ccccc5c4n3-c3ccc(OC)cc3)c3nsnc23)cc1. The van der Waals surface area contributed by atoms with Gasteiger partial charge in [-0.2, -0.15) is 8.75 Å². The normalized spacial score (nSPS) is 11.6. The standard InChI is InChI=1S/C36H26N4O2S/c1-3-42-25-16-12-22(13-17-25)26-20-21-31(33-32(26)38-43-39-33)36-37-34-29-10-6-4-8-27(29)28-9-5-7-11-30(28)35(34)40(36)23-14-18-24(41-2)19-15-23/h4-21H,3H2,1-2H3. The molecule has 0 aliphatic heterocycles. The number of hydrogen-bond acceptors (Lipinski definition) is 6. The van der Waals surface area contributed by atoms with E-state index in [0.717, 1.165) is 72.5 Å². The minimum atomic E-state index is 0.633. The predicted octanol–water partition coefficient (Wildman–Crippen LogP) is 9.08. The lowest BCUT2D eigenvalue weighted by Crippen LogP contribution is -1.99. The monoisotopic (exact) mass is 578 g/mol. The van der Waals surface area contributed by atoms with Gasteiger partial charge >= 0.3 is 0 Å². The molecule has 6 nitrogen and oxygen atoms in total. The molecule has 0 aliphatic rings. The Labute approximate surface area is 252 Å². The summed E-state index contributed by atoms with van der Waals surface area (Å²) in [5, 5.41) is 4.63. The molecule has 0 saturated heterocycles. The number of rotatable bonds is 6. The van der Waals surface area contributed by atoms with Crippen LogP contribution in [0.25, 0.3) is 71.8 Å². The predicted molar refractivity (Wildman–Crippen MR) is 176 cm³/mol. The first kappa shape index (κ1) is 25.4. The fraction of sp³-hybridized carbons (Fsp3) is 0.0833. The van der Waals surface area contributed by atoms with Crippen LogP contribution < -0.4 is 9.47 Å². The summed E-state index contributed by atoms with van der Waals surface area (Å²) in [5.41, 5.74) is 7.70. The summed E-state index contributed by atoms with van der Waals surface area (Å²) in [4.78, 5) is 5.40.